The third-order valence-electron chi connectivity index (χ3n) is 5.87. The van der Waals surface area contributed by atoms with Gasteiger partial charge in [0.1, 0.15) is 0 Å². The molecule has 0 aliphatic carbocycles. The lowest BCUT2D eigenvalue weighted by Gasteiger charge is -2.45. The van der Waals surface area contributed by atoms with Gasteiger partial charge >= 0.3 is 25.7 Å². The maximum absolute atomic E-state index is 7.57. The van der Waals surface area contributed by atoms with E-state index in [0.717, 1.165) is 22.8 Å². The summed E-state index contributed by atoms with van der Waals surface area (Å²) in [6, 6.07) is 22.3. The Morgan fingerprint density at radius 2 is 0.973 bits per heavy atom. The van der Waals surface area contributed by atoms with Crippen molar-refractivity contribution in [2.75, 3.05) is 0 Å². The second-order valence-electron chi connectivity index (χ2n) is 12.7. The van der Waals surface area contributed by atoms with Crippen molar-refractivity contribution in [1.82, 2.24) is 0 Å². The van der Waals surface area contributed by atoms with Gasteiger partial charge in [0.25, 0.3) is 0 Å². The fraction of sp³-hybridized carbons (Fsp3) is 0.571. The molecule has 0 amide bonds. The van der Waals surface area contributed by atoms with Crippen LogP contribution in [0.4, 0.5) is 0 Å². The van der Waals surface area contributed by atoms with Crippen LogP contribution in [-0.4, -0.2) is 42.3 Å². The van der Waals surface area contributed by atoms with Crippen molar-refractivity contribution in [2.45, 2.75) is 104 Å². The van der Waals surface area contributed by atoms with Crippen molar-refractivity contribution in [3.05, 3.63) is 60.7 Å². The smallest absolute Gasteiger partial charge is 0.389 e. The molecular formula is C28H52O4Si5. The zero-order chi connectivity index (χ0) is 27.8. The topological polar surface area (TPSA) is 36.9 Å². The van der Waals surface area contributed by atoms with E-state index in [-0.39, 0.29) is 0 Å². The van der Waals surface area contributed by atoms with Crippen LogP contribution in [0.15, 0.2) is 60.7 Å². The van der Waals surface area contributed by atoms with Gasteiger partial charge in [-0.05, 0) is 75.3 Å². The molecule has 0 heterocycles. The van der Waals surface area contributed by atoms with Gasteiger partial charge in [-0.2, -0.15) is 0 Å². The van der Waals surface area contributed by atoms with Crippen LogP contribution >= 0.6 is 0 Å². The summed E-state index contributed by atoms with van der Waals surface area (Å²) in [7, 11) is -12.1. The second kappa shape index (κ2) is 13.6. The summed E-state index contributed by atoms with van der Waals surface area (Å²) in [6.45, 7) is 22.5. The van der Waals surface area contributed by atoms with Crippen LogP contribution in [0.2, 0.25) is 65.0 Å². The zero-order valence-electron chi connectivity index (χ0n) is 25.1. The van der Waals surface area contributed by atoms with Crippen molar-refractivity contribution in [2.24, 2.45) is 0 Å². The Bertz CT molecular complexity index is 890. The van der Waals surface area contributed by atoms with Gasteiger partial charge in [-0.1, -0.05) is 99.7 Å². The number of hydrogen-bond acceptors (Lipinski definition) is 4. The first kappa shape index (κ1) is 32.6. The molecule has 2 aromatic rings. The number of hydrogen-bond donors (Lipinski definition) is 0. The van der Waals surface area contributed by atoms with Gasteiger partial charge < -0.3 is 16.5 Å². The van der Waals surface area contributed by atoms with Crippen LogP contribution in [0.1, 0.15) is 39.0 Å². The molecular weight excluding hydrogens is 541 g/mol. The molecule has 0 saturated carbocycles. The largest absolute Gasteiger partial charge is 0.437 e. The van der Waals surface area contributed by atoms with Gasteiger partial charge in [-0.15, -0.1) is 0 Å². The second-order valence-corrected chi connectivity index (χ2v) is 32.4. The summed E-state index contributed by atoms with van der Waals surface area (Å²) in [5.41, 5.74) is 0. The van der Waals surface area contributed by atoms with Crippen LogP contribution in [0.3, 0.4) is 0 Å². The van der Waals surface area contributed by atoms with Crippen LogP contribution in [-0.2, 0) is 16.5 Å². The molecule has 0 aliphatic heterocycles. The summed E-state index contributed by atoms with van der Waals surface area (Å²) in [5, 5.41) is 2.26. The molecule has 0 radical (unpaired) electrons. The minimum absolute atomic E-state index is 0.982. The fourth-order valence-corrected chi connectivity index (χ4v) is 28.1. The first-order chi connectivity index (χ1) is 17.1. The van der Waals surface area contributed by atoms with Gasteiger partial charge in [0.05, 0.1) is 0 Å². The highest BCUT2D eigenvalue weighted by Crippen LogP contribution is 2.30. The number of benzene rings is 2. The van der Waals surface area contributed by atoms with E-state index in [1.807, 2.05) is 0 Å². The summed E-state index contributed by atoms with van der Waals surface area (Å²) in [6.07, 6.45) is 6.17. The van der Waals surface area contributed by atoms with Crippen molar-refractivity contribution >= 4 is 52.7 Å². The molecule has 1 atom stereocenters. The molecule has 0 fully saturated rings. The minimum Gasteiger partial charge on any atom is -0.437 e. The molecule has 37 heavy (non-hydrogen) atoms. The first-order valence-electron chi connectivity index (χ1n) is 14.0. The molecule has 0 aliphatic rings. The zero-order valence-corrected chi connectivity index (χ0v) is 30.1. The van der Waals surface area contributed by atoms with Gasteiger partial charge in [-0.3, -0.25) is 0 Å². The van der Waals surface area contributed by atoms with E-state index < -0.39 is 42.3 Å². The van der Waals surface area contributed by atoms with Crippen molar-refractivity contribution in [1.29, 1.82) is 0 Å². The van der Waals surface area contributed by atoms with E-state index in [4.69, 9.17) is 16.5 Å². The average molecular weight is 593 g/mol. The minimum atomic E-state index is -3.18. The normalized spacial score (nSPS) is 15.0. The Morgan fingerprint density at radius 1 is 0.514 bits per heavy atom. The van der Waals surface area contributed by atoms with Gasteiger partial charge in [0, 0.05) is 0 Å². The maximum Gasteiger partial charge on any atom is 0.389 e. The summed E-state index contributed by atoms with van der Waals surface area (Å²) < 4.78 is 28.7. The predicted molar refractivity (Wildman–Crippen MR) is 172 cm³/mol. The van der Waals surface area contributed by atoms with Crippen molar-refractivity contribution in [3.63, 3.8) is 0 Å². The molecule has 0 aromatic heterocycles. The van der Waals surface area contributed by atoms with E-state index in [9.17, 15) is 0 Å². The Kier molecular flexibility index (Phi) is 12.0. The van der Waals surface area contributed by atoms with Crippen LogP contribution in [0.5, 0.6) is 0 Å². The summed E-state index contributed by atoms with van der Waals surface area (Å²) in [4.78, 5) is 0. The van der Waals surface area contributed by atoms with Crippen LogP contribution in [0, 0.1) is 0 Å². The Balaban J connectivity index is 2.65. The highest BCUT2D eigenvalue weighted by Gasteiger charge is 2.54. The summed E-state index contributed by atoms with van der Waals surface area (Å²) >= 11 is 0. The van der Waals surface area contributed by atoms with Gasteiger partial charge in [0.15, 0.2) is 16.6 Å². The molecule has 2 aromatic carbocycles. The van der Waals surface area contributed by atoms with E-state index in [0.29, 0.717) is 0 Å². The van der Waals surface area contributed by atoms with Gasteiger partial charge in [0.2, 0.25) is 0 Å². The highest BCUT2D eigenvalue weighted by atomic mass is 28.5. The van der Waals surface area contributed by atoms with Crippen LogP contribution in [0.25, 0.3) is 0 Å². The van der Waals surface area contributed by atoms with Crippen LogP contribution < -0.4 is 10.4 Å². The number of unbranched alkanes of at least 4 members (excludes halogenated alkanes) is 4. The van der Waals surface area contributed by atoms with Gasteiger partial charge in [-0.25, -0.2) is 0 Å². The van der Waals surface area contributed by atoms with Crippen molar-refractivity contribution in [3.8, 4) is 0 Å². The standard InChI is InChI=1S/C28H52O4Si5/c1-11-12-13-14-21-26-36(10,30-34(5,6)7)32-37(27-22-17-15-18-23-27,28-24-19-16-20-25-28)31-35(8,9)29-33(2,3)4/h15-20,22-25H,11-14,21,26H2,1-10H3. The molecule has 4 nitrogen and oxygen atoms in total. The van der Waals surface area contributed by atoms with Crippen molar-refractivity contribution < 1.29 is 16.5 Å². The molecule has 0 saturated heterocycles. The predicted octanol–water partition coefficient (Wildman–Crippen LogP) is 7.72. The molecule has 0 bridgehead atoms. The van der Waals surface area contributed by atoms with E-state index >= 15 is 0 Å². The fourth-order valence-electron chi connectivity index (χ4n) is 4.97. The Morgan fingerprint density at radius 3 is 1.41 bits per heavy atom. The molecule has 208 valence electrons. The quantitative estimate of drug-likeness (QED) is 0.148. The molecule has 9 heteroatoms. The van der Waals surface area contributed by atoms with E-state index in [2.05, 4.69) is 127 Å². The monoisotopic (exact) mass is 592 g/mol. The average Bonchev–Trinajstić information content (AvgIpc) is 2.76. The third kappa shape index (κ3) is 11.2. The lowest BCUT2D eigenvalue weighted by atomic mass is 10.2. The number of rotatable bonds is 16. The molecule has 1 unspecified atom stereocenters. The molecule has 0 N–H and O–H groups in total. The Hall–Kier alpha value is -0.636. The lowest BCUT2D eigenvalue weighted by Crippen LogP contribution is -2.72. The molecule has 0 spiro atoms. The first-order valence-corrected chi connectivity index (χ1v) is 28.0. The van der Waals surface area contributed by atoms with E-state index in [1.165, 1.54) is 25.7 Å². The third-order valence-corrected chi connectivity index (χ3v) is 23.9. The summed E-state index contributed by atoms with van der Waals surface area (Å²) in [5.74, 6) is 0. The van der Waals surface area contributed by atoms with E-state index in [1.54, 1.807) is 0 Å². The SMILES string of the molecule is CCCCCCC[Si](C)(O[Si](C)(C)C)O[Si](O[Si](C)(C)O[Si](C)(C)C)(c1ccccc1)c1ccccc1. The highest BCUT2D eigenvalue weighted by molar-refractivity contribution is 7.02. The Labute approximate surface area is 233 Å². The lowest BCUT2D eigenvalue weighted by molar-refractivity contribution is 0.305. The maximum atomic E-state index is 7.57. The molecule has 2 rings (SSSR count).